The Morgan fingerprint density at radius 3 is 1.17 bits per heavy atom. The fourth-order valence-corrected chi connectivity index (χ4v) is 9.56. The van der Waals surface area contributed by atoms with E-state index in [2.05, 4.69) is 21.3 Å². The van der Waals surface area contributed by atoms with Gasteiger partial charge in [-0.2, -0.15) is 0 Å². The summed E-state index contributed by atoms with van der Waals surface area (Å²) in [6, 6.07) is 0. The van der Waals surface area contributed by atoms with Crippen molar-refractivity contribution in [1.82, 2.24) is 21.3 Å². The van der Waals surface area contributed by atoms with Crippen molar-refractivity contribution in [2.75, 3.05) is 75.6 Å². The molecule has 6 amide bonds. The summed E-state index contributed by atoms with van der Waals surface area (Å²) in [6.07, 6.45) is -1.73. The van der Waals surface area contributed by atoms with Crippen molar-refractivity contribution >= 4 is 46.8 Å². The number of hydrogen-bond donors (Lipinski definition) is 13. The summed E-state index contributed by atoms with van der Waals surface area (Å²) < 4.78 is 0. The number of benzene rings is 2. The molecule has 21 nitrogen and oxygen atoms in total. The molecule has 0 aliphatic carbocycles. The van der Waals surface area contributed by atoms with Crippen molar-refractivity contribution in [3.05, 3.63) is 55.6 Å². The van der Waals surface area contributed by atoms with Gasteiger partial charge < -0.3 is 77.0 Å². The number of unbranched alkanes of at least 4 members (excludes halogenated alkanes) is 4. The van der Waals surface area contributed by atoms with Gasteiger partial charge in [-0.25, -0.2) is 0 Å². The minimum atomic E-state index is -1.65. The van der Waals surface area contributed by atoms with Crippen molar-refractivity contribution in [2.45, 2.75) is 144 Å². The van der Waals surface area contributed by atoms with Gasteiger partial charge in [0.1, 0.15) is 0 Å². The van der Waals surface area contributed by atoms with Gasteiger partial charge >= 0.3 is 0 Å². The highest BCUT2D eigenvalue weighted by molar-refractivity contribution is 6.10. The topological polar surface area (TPSA) is 339 Å². The van der Waals surface area contributed by atoms with Crippen molar-refractivity contribution in [3.63, 3.8) is 0 Å². The second-order valence-electron chi connectivity index (χ2n) is 18.6. The third-order valence-corrected chi connectivity index (χ3v) is 13.5. The molecular formula is C51H82N6O15. The van der Waals surface area contributed by atoms with Crippen LogP contribution in [0.3, 0.4) is 0 Å². The Labute approximate surface area is 423 Å². The number of aliphatic hydroxyl groups excluding tert-OH is 9. The number of amides is 6. The van der Waals surface area contributed by atoms with Crippen molar-refractivity contribution in [1.29, 1.82) is 0 Å². The first-order valence-corrected chi connectivity index (χ1v) is 24.7. The molecule has 2 aromatic carbocycles. The summed E-state index contributed by atoms with van der Waals surface area (Å²) >= 11 is 0. The Bertz CT molecular complexity index is 2150. The lowest BCUT2D eigenvalue weighted by Crippen LogP contribution is -2.62. The normalized spacial score (nSPS) is 13.9. The molecule has 0 aromatic heterocycles. The van der Waals surface area contributed by atoms with E-state index < -0.39 is 111 Å². The number of rotatable bonds is 30. The van der Waals surface area contributed by atoms with Crippen LogP contribution in [0.4, 0.5) is 11.4 Å². The third-order valence-electron chi connectivity index (χ3n) is 13.5. The fraction of sp³-hybridized carbons (Fsp3) is 0.647. The zero-order valence-electron chi connectivity index (χ0n) is 43.8. The predicted molar refractivity (Wildman–Crippen MR) is 271 cm³/mol. The lowest BCUT2D eigenvalue weighted by atomic mass is 9.79. The molecular weight excluding hydrogens is 937 g/mol. The Morgan fingerprint density at radius 1 is 0.486 bits per heavy atom. The second kappa shape index (κ2) is 29.6. The first-order valence-electron chi connectivity index (χ1n) is 24.7. The molecule has 0 aliphatic rings. The maximum Gasteiger partial charge on any atom is 0.252 e. The van der Waals surface area contributed by atoms with Crippen LogP contribution in [0.1, 0.15) is 147 Å². The fourth-order valence-electron chi connectivity index (χ4n) is 9.56. The summed E-state index contributed by atoms with van der Waals surface area (Å²) in [5.41, 5.74) is -0.568. The highest BCUT2D eigenvalue weighted by Gasteiger charge is 2.47. The molecule has 2 rings (SSSR count). The number of nitrogens with zero attached hydrogens (tertiary/aromatic N) is 2. The number of nitrogens with one attached hydrogen (secondary N) is 4. The summed E-state index contributed by atoms with van der Waals surface area (Å²) in [7, 11) is 0. The summed E-state index contributed by atoms with van der Waals surface area (Å²) in [4.78, 5) is 88.0. The first kappa shape index (κ1) is 63.0. The van der Waals surface area contributed by atoms with Crippen LogP contribution >= 0.6 is 0 Å². The average molecular weight is 1020 g/mol. The largest absolute Gasteiger partial charge is 0.396 e. The van der Waals surface area contributed by atoms with Gasteiger partial charge in [-0.1, -0.05) is 46.0 Å². The van der Waals surface area contributed by atoms with Gasteiger partial charge in [0.15, 0.2) is 0 Å². The standard InChI is InChI=1S/C51H82N6O15/c1-11-13-14-15-16-17-51(12-2,57(35(10)64)46-32(7)43(47(69)52-18-36(23-58)24-59)29(4)44(33(46)8)50(72)55-21-39(67)27-62)40(68)22-56(34(9)63)45-30(5)41(48(70)53-19-37(65)25-60)28(3)42(31(45)6)49(71)54-20-38(66)26-61/h36-40,58-62,65-68H,11-27H2,1-10H3,(H,52,69)(H,53,70)(H,54,71)(H,55,72). The van der Waals surface area contributed by atoms with E-state index in [1.807, 2.05) is 6.92 Å². The minimum Gasteiger partial charge on any atom is -0.396 e. The molecule has 0 saturated heterocycles. The number of carbonyl (C=O) groups is 6. The molecule has 5 atom stereocenters. The number of hydrogen-bond acceptors (Lipinski definition) is 15. The summed E-state index contributed by atoms with van der Waals surface area (Å²) in [5.74, 6) is -5.01. The average Bonchev–Trinajstić information content (AvgIpc) is 3.33. The Morgan fingerprint density at radius 2 is 0.847 bits per heavy atom. The van der Waals surface area contributed by atoms with E-state index in [0.29, 0.717) is 12.8 Å². The zero-order chi connectivity index (χ0) is 54.8. The number of anilines is 2. The molecule has 0 bridgehead atoms. The maximum absolute atomic E-state index is 14.7. The Kier molecular flexibility index (Phi) is 25.9. The van der Waals surface area contributed by atoms with Gasteiger partial charge in [-0.05, 0) is 87.8 Å². The Balaban J connectivity index is 3.21. The maximum atomic E-state index is 14.7. The van der Waals surface area contributed by atoms with E-state index in [1.165, 1.54) is 51.3 Å². The van der Waals surface area contributed by atoms with Crippen LogP contribution in [-0.4, -0.2) is 177 Å². The molecule has 0 saturated carbocycles. The van der Waals surface area contributed by atoms with Crippen LogP contribution in [0.2, 0.25) is 0 Å². The van der Waals surface area contributed by atoms with E-state index in [0.717, 1.165) is 19.3 Å². The quantitative estimate of drug-likeness (QED) is 0.0471. The summed E-state index contributed by atoms with van der Waals surface area (Å²) in [6.45, 7) is 10.8. The first-order chi connectivity index (χ1) is 33.9. The number of carbonyl (C=O) groups excluding carboxylic acids is 6. The van der Waals surface area contributed by atoms with Gasteiger partial charge in [0.2, 0.25) is 11.8 Å². The second-order valence-corrected chi connectivity index (χ2v) is 18.6. The summed E-state index contributed by atoms with van der Waals surface area (Å²) in [5, 5.41) is 102. The van der Waals surface area contributed by atoms with Gasteiger partial charge in [0, 0.05) is 81.4 Å². The molecule has 0 aliphatic heterocycles. The molecule has 13 N–H and O–H groups in total. The van der Waals surface area contributed by atoms with Crippen molar-refractivity contribution in [2.24, 2.45) is 5.92 Å². The predicted octanol–water partition coefficient (Wildman–Crippen LogP) is 0.393. The highest BCUT2D eigenvalue weighted by atomic mass is 16.3. The lowest BCUT2D eigenvalue weighted by molar-refractivity contribution is -0.119. The van der Waals surface area contributed by atoms with Crippen molar-refractivity contribution in [3.8, 4) is 0 Å². The van der Waals surface area contributed by atoms with Crippen LogP contribution < -0.4 is 31.1 Å². The molecule has 0 fully saturated rings. The molecule has 5 unspecified atom stereocenters. The van der Waals surface area contributed by atoms with E-state index in [9.17, 15) is 74.7 Å². The van der Waals surface area contributed by atoms with Crippen LogP contribution in [0.15, 0.2) is 0 Å². The monoisotopic (exact) mass is 1020 g/mol. The van der Waals surface area contributed by atoms with Crippen molar-refractivity contribution < 1.29 is 74.7 Å². The number of aliphatic hydroxyl groups is 9. The van der Waals surface area contributed by atoms with E-state index in [1.54, 1.807) is 20.8 Å². The molecule has 21 heteroatoms. The van der Waals surface area contributed by atoms with E-state index >= 15 is 0 Å². The zero-order valence-corrected chi connectivity index (χ0v) is 43.8. The van der Waals surface area contributed by atoms with E-state index in [4.69, 9.17) is 0 Å². The van der Waals surface area contributed by atoms with Gasteiger partial charge in [-0.3, -0.25) is 28.8 Å². The highest BCUT2D eigenvalue weighted by Crippen LogP contribution is 2.43. The molecule has 72 heavy (non-hydrogen) atoms. The molecule has 0 heterocycles. The third kappa shape index (κ3) is 15.2. The smallest absolute Gasteiger partial charge is 0.252 e. The Hall–Kier alpha value is -5.10. The molecule has 0 radical (unpaired) electrons. The van der Waals surface area contributed by atoms with Gasteiger partial charge in [-0.15, -0.1) is 0 Å². The van der Waals surface area contributed by atoms with Crippen LogP contribution in [0.5, 0.6) is 0 Å². The lowest BCUT2D eigenvalue weighted by Gasteiger charge is -2.49. The van der Waals surface area contributed by atoms with E-state index in [-0.39, 0.29) is 106 Å². The van der Waals surface area contributed by atoms with Gasteiger partial charge in [0.25, 0.3) is 23.6 Å². The molecule has 2 aromatic rings. The molecule has 406 valence electrons. The van der Waals surface area contributed by atoms with Crippen LogP contribution in [0.25, 0.3) is 0 Å². The van der Waals surface area contributed by atoms with Gasteiger partial charge in [0.05, 0.1) is 67.7 Å². The van der Waals surface area contributed by atoms with Crippen LogP contribution in [-0.2, 0) is 9.59 Å². The molecule has 0 spiro atoms. The SMILES string of the molecule is CCCCCCCC(CC)(C(O)CN(C(C)=O)c1c(C)c(C(=O)NCC(O)CO)c(C)c(C(=O)NCC(O)CO)c1C)N(C(C)=O)c1c(C)c(C(=O)NCC(O)CO)c(C)c(C(=O)NCC(CO)CO)c1C. The van der Waals surface area contributed by atoms with Crippen LogP contribution in [0, 0.1) is 47.5 Å². The minimum absolute atomic E-state index is 0.0299.